The van der Waals surface area contributed by atoms with Gasteiger partial charge in [0, 0.05) is 5.39 Å². The van der Waals surface area contributed by atoms with E-state index >= 15 is 0 Å². The second-order valence-electron chi connectivity index (χ2n) is 6.54. The summed E-state index contributed by atoms with van der Waals surface area (Å²) in [6, 6.07) is 12.1. The van der Waals surface area contributed by atoms with Crippen molar-refractivity contribution in [3.63, 3.8) is 0 Å². The van der Waals surface area contributed by atoms with Crippen molar-refractivity contribution in [1.29, 1.82) is 0 Å². The van der Waals surface area contributed by atoms with Crippen molar-refractivity contribution in [1.82, 2.24) is 4.57 Å². The van der Waals surface area contributed by atoms with Crippen LogP contribution in [0.2, 0.25) is 0 Å². The van der Waals surface area contributed by atoms with E-state index in [9.17, 15) is 14.7 Å². The predicted octanol–water partition coefficient (Wildman–Crippen LogP) is 3.78. The van der Waals surface area contributed by atoms with Crippen LogP contribution in [0.4, 0.5) is 5.69 Å². The Bertz CT molecular complexity index is 1140. The van der Waals surface area contributed by atoms with Gasteiger partial charge in [-0.3, -0.25) is 14.2 Å². The number of hydrogen-bond acceptors (Lipinski definition) is 7. The summed E-state index contributed by atoms with van der Waals surface area (Å²) in [4.78, 5) is 24.3. The molecule has 9 heteroatoms. The summed E-state index contributed by atoms with van der Waals surface area (Å²) in [6.07, 6.45) is -0.00785. The number of amides is 1. The summed E-state index contributed by atoms with van der Waals surface area (Å²) in [5.74, 6) is -0.207. The number of rotatable bonds is 8. The van der Waals surface area contributed by atoms with E-state index in [1.165, 1.54) is 18.8 Å². The van der Waals surface area contributed by atoms with E-state index in [1.54, 1.807) is 49.4 Å². The Morgan fingerprint density at radius 2 is 1.81 bits per heavy atom. The average Bonchev–Trinajstić information content (AvgIpc) is 3.03. The minimum atomic E-state index is -0.506. The zero-order valence-corrected chi connectivity index (χ0v) is 17.5. The smallest absolute Gasteiger partial charge is 0.326 e. The highest BCUT2D eigenvalue weighted by Gasteiger charge is 2.19. The second-order valence-corrected chi connectivity index (χ2v) is 6.54. The summed E-state index contributed by atoms with van der Waals surface area (Å²) in [7, 11) is 3.04. The van der Waals surface area contributed by atoms with Crippen LogP contribution in [0.25, 0.3) is 10.9 Å². The topological polar surface area (TPSA) is 112 Å². The Labute approximate surface area is 178 Å². The van der Waals surface area contributed by atoms with Crippen LogP contribution in [0, 0.1) is 0 Å². The third kappa shape index (κ3) is 4.82. The van der Waals surface area contributed by atoms with Gasteiger partial charge < -0.3 is 19.3 Å². The first-order valence-corrected chi connectivity index (χ1v) is 9.59. The maximum atomic E-state index is 12.4. The number of benzene rings is 2. The predicted molar refractivity (Wildman–Crippen MR) is 113 cm³/mol. The van der Waals surface area contributed by atoms with Gasteiger partial charge in [0.15, 0.2) is 17.2 Å². The minimum absolute atomic E-state index is 0.00785. The zero-order valence-electron chi connectivity index (χ0n) is 17.5. The molecule has 0 bridgehead atoms. The molecule has 31 heavy (non-hydrogen) atoms. The van der Waals surface area contributed by atoms with Crippen molar-refractivity contribution in [3.8, 4) is 17.4 Å². The molecule has 1 aromatic heterocycles. The second kappa shape index (κ2) is 9.75. The van der Waals surface area contributed by atoms with Gasteiger partial charge in [-0.15, -0.1) is 10.2 Å². The van der Waals surface area contributed by atoms with Crippen molar-refractivity contribution in [2.75, 3.05) is 20.8 Å². The van der Waals surface area contributed by atoms with Gasteiger partial charge >= 0.3 is 5.97 Å². The van der Waals surface area contributed by atoms with Gasteiger partial charge in [0.2, 0.25) is 5.88 Å². The van der Waals surface area contributed by atoms with Crippen LogP contribution in [-0.2, 0) is 27.3 Å². The number of carbonyl (C=O) groups excluding carboxylic acids is 2. The van der Waals surface area contributed by atoms with Crippen LogP contribution in [0.1, 0.15) is 12.5 Å². The number of carbonyl (C=O) groups is 2. The molecule has 0 saturated carbocycles. The molecule has 0 saturated heterocycles. The molecule has 3 rings (SSSR count). The molecule has 1 amide bonds. The van der Waals surface area contributed by atoms with Gasteiger partial charge in [-0.05, 0) is 30.7 Å². The quantitative estimate of drug-likeness (QED) is 0.434. The number of azo groups is 1. The summed E-state index contributed by atoms with van der Waals surface area (Å²) >= 11 is 0. The molecule has 0 aliphatic heterocycles. The number of nitrogens with zero attached hydrogens (tertiary/aromatic N) is 3. The van der Waals surface area contributed by atoms with E-state index < -0.39 is 11.9 Å². The van der Waals surface area contributed by atoms with E-state index in [0.29, 0.717) is 28.0 Å². The zero-order chi connectivity index (χ0) is 22.4. The molecule has 162 valence electrons. The van der Waals surface area contributed by atoms with Gasteiger partial charge in [-0.2, -0.15) is 0 Å². The fourth-order valence-electron chi connectivity index (χ4n) is 3.17. The molecule has 1 N–H and O–H groups in total. The Hall–Kier alpha value is -3.88. The SMILES string of the molecule is CCOC(=O)Cn1c(O)c(N=NC(=O)Cc2ccc(OC)c(OC)c2)c2ccccc21. The molecule has 0 fully saturated rings. The van der Waals surface area contributed by atoms with E-state index in [-0.39, 0.29) is 31.1 Å². The highest BCUT2D eigenvalue weighted by atomic mass is 16.5. The minimum Gasteiger partial charge on any atom is -0.493 e. The van der Waals surface area contributed by atoms with E-state index in [4.69, 9.17) is 14.2 Å². The largest absolute Gasteiger partial charge is 0.493 e. The summed E-state index contributed by atoms with van der Waals surface area (Å²) in [5.41, 5.74) is 1.37. The van der Waals surface area contributed by atoms with Crippen molar-refractivity contribution in [2.24, 2.45) is 10.2 Å². The van der Waals surface area contributed by atoms with Gasteiger partial charge in [0.05, 0.1) is 32.8 Å². The first-order valence-electron chi connectivity index (χ1n) is 9.59. The molecule has 0 spiro atoms. The van der Waals surface area contributed by atoms with Crippen LogP contribution in [0.15, 0.2) is 52.7 Å². The number of para-hydroxylation sites is 1. The molecular weight excluding hydrogens is 402 g/mol. The Morgan fingerprint density at radius 3 is 2.52 bits per heavy atom. The third-order valence-corrected chi connectivity index (χ3v) is 4.57. The van der Waals surface area contributed by atoms with Crippen molar-refractivity contribution in [2.45, 2.75) is 19.9 Å². The number of aromatic hydroxyl groups is 1. The molecule has 9 nitrogen and oxygen atoms in total. The van der Waals surface area contributed by atoms with Crippen molar-refractivity contribution >= 4 is 28.5 Å². The standard InChI is InChI=1S/C22H23N3O6/c1-4-31-20(27)13-25-16-8-6-5-7-15(16)21(22(25)28)24-23-19(26)12-14-9-10-17(29-2)18(11-14)30-3/h5-11,28H,4,12-13H2,1-3H3. The molecule has 0 unspecified atom stereocenters. The number of ether oxygens (including phenoxy) is 3. The van der Waals surface area contributed by atoms with Gasteiger partial charge in [0.25, 0.3) is 5.91 Å². The number of fused-ring (bicyclic) bond motifs is 1. The van der Waals surface area contributed by atoms with Crippen LogP contribution in [-0.4, -0.2) is 42.4 Å². The third-order valence-electron chi connectivity index (χ3n) is 4.57. The Kier molecular flexibility index (Phi) is 6.86. The lowest BCUT2D eigenvalue weighted by molar-refractivity contribution is -0.143. The molecule has 2 aromatic carbocycles. The van der Waals surface area contributed by atoms with Gasteiger partial charge in [-0.1, -0.05) is 24.3 Å². The number of hydrogen-bond donors (Lipinski definition) is 1. The molecule has 0 aliphatic carbocycles. The van der Waals surface area contributed by atoms with Crippen LogP contribution in [0.3, 0.4) is 0 Å². The summed E-state index contributed by atoms with van der Waals surface area (Å²) in [5, 5.41) is 18.9. The molecule has 0 aliphatic rings. The number of methoxy groups -OCH3 is 2. The first-order chi connectivity index (χ1) is 15.0. The first kappa shape index (κ1) is 21.8. The number of esters is 1. The van der Waals surface area contributed by atoms with E-state index in [1.807, 2.05) is 0 Å². The lowest BCUT2D eigenvalue weighted by Crippen LogP contribution is -2.12. The maximum Gasteiger partial charge on any atom is 0.326 e. The normalized spacial score (nSPS) is 11.1. The molecule has 3 aromatic rings. The lowest BCUT2D eigenvalue weighted by Gasteiger charge is -2.08. The van der Waals surface area contributed by atoms with E-state index in [2.05, 4.69) is 10.2 Å². The average molecular weight is 425 g/mol. The van der Waals surface area contributed by atoms with Crippen molar-refractivity contribution < 1.29 is 28.9 Å². The Balaban J connectivity index is 1.85. The molecule has 1 heterocycles. The highest BCUT2D eigenvalue weighted by molar-refractivity contribution is 5.96. The Morgan fingerprint density at radius 1 is 1.06 bits per heavy atom. The molecule has 0 radical (unpaired) electrons. The fraction of sp³-hybridized carbons (Fsp3) is 0.273. The highest BCUT2D eigenvalue weighted by Crippen LogP contribution is 2.38. The van der Waals surface area contributed by atoms with Gasteiger partial charge in [-0.25, -0.2) is 0 Å². The summed E-state index contributed by atoms with van der Waals surface area (Å²) in [6.45, 7) is 1.75. The lowest BCUT2D eigenvalue weighted by atomic mass is 10.1. The van der Waals surface area contributed by atoms with Crippen molar-refractivity contribution in [3.05, 3.63) is 48.0 Å². The fourth-order valence-corrected chi connectivity index (χ4v) is 3.17. The number of aromatic nitrogens is 1. The van der Waals surface area contributed by atoms with E-state index in [0.717, 1.165) is 0 Å². The van der Waals surface area contributed by atoms with Crippen LogP contribution >= 0.6 is 0 Å². The van der Waals surface area contributed by atoms with Gasteiger partial charge in [0.1, 0.15) is 6.54 Å². The molecule has 0 atom stereocenters. The monoisotopic (exact) mass is 425 g/mol. The van der Waals surface area contributed by atoms with Crippen LogP contribution in [0.5, 0.6) is 17.4 Å². The van der Waals surface area contributed by atoms with Crippen LogP contribution < -0.4 is 9.47 Å². The maximum absolute atomic E-state index is 12.4. The molecular formula is C22H23N3O6. The summed E-state index contributed by atoms with van der Waals surface area (Å²) < 4.78 is 16.8.